The molecule has 9 heteroatoms. The molecule has 0 aliphatic carbocycles. The van der Waals surface area contributed by atoms with Crippen LogP contribution in [-0.2, 0) is 14.4 Å². The molecule has 2 aliphatic rings. The second-order valence-electron chi connectivity index (χ2n) is 7.41. The lowest BCUT2D eigenvalue weighted by atomic mass is 9.86. The van der Waals surface area contributed by atoms with Crippen molar-refractivity contribution < 1.29 is 24.3 Å². The van der Waals surface area contributed by atoms with Gasteiger partial charge < -0.3 is 20.6 Å². The zero-order valence-corrected chi connectivity index (χ0v) is 16.2. The number of para-hydroxylation sites is 1. The molecule has 1 aromatic rings. The Hall–Kier alpha value is -2.55. The minimum atomic E-state index is -1.22. The summed E-state index contributed by atoms with van der Waals surface area (Å²) in [5.41, 5.74) is -0.637. The molecule has 0 saturated carbocycles. The summed E-state index contributed by atoms with van der Waals surface area (Å²) in [6, 6.07) is 5.55. The molecule has 27 heavy (non-hydrogen) atoms. The SMILES string of the molecule is CC(=O)Nc1ccccc1C(=O)N[C@@]1(C)C(=O)N2[C@@H](C(=O)O)C(C)(C)S[C@@H]21. The molecule has 3 atom stereocenters. The average molecular weight is 391 g/mol. The van der Waals surface area contributed by atoms with Gasteiger partial charge >= 0.3 is 5.97 Å². The fraction of sp³-hybridized carbons (Fsp3) is 0.444. The third-order valence-corrected chi connectivity index (χ3v) is 6.62. The third kappa shape index (κ3) is 2.95. The highest BCUT2D eigenvalue weighted by Crippen LogP contribution is 2.54. The van der Waals surface area contributed by atoms with Crippen molar-refractivity contribution in [3.8, 4) is 0 Å². The summed E-state index contributed by atoms with van der Waals surface area (Å²) >= 11 is 1.36. The first-order valence-corrected chi connectivity index (χ1v) is 9.29. The van der Waals surface area contributed by atoms with Crippen molar-refractivity contribution >= 4 is 41.1 Å². The number of carbonyl (C=O) groups excluding carboxylic acids is 3. The van der Waals surface area contributed by atoms with Gasteiger partial charge in [0.05, 0.1) is 11.3 Å². The molecule has 2 saturated heterocycles. The van der Waals surface area contributed by atoms with Crippen molar-refractivity contribution in [2.24, 2.45) is 0 Å². The predicted octanol–water partition coefficient (Wildman–Crippen LogP) is 1.28. The molecule has 0 bridgehead atoms. The number of amides is 3. The Morgan fingerprint density at radius 3 is 2.41 bits per heavy atom. The van der Waals surface area contributed by atoms with Gasteiger partial charge in [-0.15, -0.1) is 11.8 Å². The number of carboxylic acid groups (broad SMARTS) is 1. The Kier molecular flexibility index (Phi) is 4.46. The number of anilines is 1. The van der Waals surface area contributed by atoms with E-state index in [0.29, 0.717) is 5.69 Å². The molecule has 8 nitrogen and oxygen atoms in total. The van der Waals surface area contributed by atoms with Gasteiger partial charge in [-0.3, -0.25) is 14.4 Å². The van der Waals surface area contributed by atoms with Gasteiger partial charge in [0.15, 0.2) is 0 Å². The van der Waals surface area contributed by atoms with E-state index in [0.717, 1.165) is 0 Å². The van der Waals surface area contributed by atoms with E-state index in [-0.39, 0.29) is 11.5 Å². The average Bonchev–Trinajstić information content (AvgIpc) is 2.84. The lowest BCUT2D eigenvalue weighted by Gasteiger charge is -2.51. The lowest BCUT2D eigenvalue weighted by Crippen LogP contribution is -2.78. The molecular formula is C18H21N3O5S. The smallest absolute Gasteiger partial charge is 0.327 e. The summed E-state index contributed by atoms with van der Waals surface area (Å²) in [5, 5.41) is 14.4. The summed E-state index contributed by atoms with van der Waals surface area (Å²) < 4.78 is -0.678. The number of hydrogen-bond donors (Lipinski definition) is 3. The van der Waals surface area contributed by atoms with E-state index in [4.69, 9.17) is 0 Å². The number of nitrogens with one attached hydrogen (secondary N) is 2. The van der Waals surface area contributed by atoms with Crippen LogP contribution in [0.5, 0.6) is 0 Å². The molecule has 3 amide bonds. The molecule has 3 rings (SSSR count). The van der Waals surface area contributed by atoms with Gasteiger partial charge in [0, 0.05) is 11.7 Å². The second kappa shape index (κ2) is 6.26. The van der Waals surface area contributed by atoms with Gasteiger partial charge in [0.1, 0.15) is 17.0 Å². The number of hydrogen-bond acceptors (Lipinski definition) is 5. The maximum absolute atomic E-state index is 12.8. The number of nitrogens with zero attached hydrogens (tertiary/aromatic N) is 1. The largest absolute Gasteiger partial charge is 0.480 e. The van der Waals surface area contributed by atoms with E-state index in [1.165, 1.54) is 23.6 Å². The molecule has 0 spiro atoms. The first-order chi connectivity index (χ1) is 12.5. The van der Waals surface area contributed by atoms with Crippen molar-refractivity contribution in [3.63, 3.8) is 0 Å². The molecular weight excluding hydrogens is 370 g/mol. The van der Waals surface area contributed by atoms with Crippen molar-refractivity contribution in [1.29, 1.82) is 0 Å². The summed E-state index contributed by atoms with van der Waals surface area (Å²) in [6.45, 7) is 6.49. The fourth-order valence-electron chi connectivity index (χ4n) is 3.62. The van der Waals surface area contributed by atoms with Crippen molar-refractivity contribution in [2.75, 3.05) is 5.32 Å². The van der Waals surface area contributed by atoms with Crippen LogP contribution < -0.4 is 10.6 Å². The third-order valence-electron chi connectivity index (χ3n) is 4.87. The van der Waals surface area contributed by atoms with Crippen molar-refractivity contribution in [3.05, 3.63) is 29.8 Å². The Balaban J connectivity index is 1.85. The van der Waals surface area contributed by atoms with Crippen LogP contribution in [0.25, 0.3) is 0 Å². The normalized spacial score (nSPS) is 28.1. The van der Waals surface area contributed by atoms with E-state index in [1.54, 1.807) is 45.0 Å². The van der Waals surface area contributed by atoms with Crippen LogP contribution in [-0.4, -0.2) is 55.4 Å². The number of rotatable bonds is 4. The highest BCUT2D eigenvalue weighted by Gasteiger charge is 2.70. The van der Waals surface area contributed by atoms with Gasteiger partial charge in [0.2, 0.25) is 5.91 Å². The molecule has 2 heterocycles. The fourth-order valence-corrected chi connectivity index (χ4v) is 5.27. The lowest BCUT2D eigenvalue weighted by molar-refractivity contribution is -0.165. The Bertz CT molecular complexity index is 855. The van der Waals surface area contributed by atoms with Crippen LogP contribution in [0.2, 0.25) is 0 Å². The molecule has 1 aromatic carbocycles. The molecule has 3 N–H and O–H groups in total. The first-order valence-electron chi connectivity index (χ1n) is 8.41. The Morgan fingerprint density at radius 2 is 1.81 bits per heavy atom. The van der Waals surface area contributed by atoms with Crippen molar-refractivity contribution in [1.82, 2.24) is 10.2 Å². The highest BCUT2D eigenvalue weighted by atomic mass is 32.2. The van der Waals surface area contributed by atoms with Crippen LogP contribution in [0.3, 0.4) is 0 Å². The van der Waals surface area contributed by atoms with E-state index < -0.39 is 39.5 Å². The van der Waals surface area contributed by atoms with E-state index in [9.17, 15) is 24.3 Å². The Labute approximate surface area is 160 Å². The molecule has 0 radical (unpaired) electrons. The number of β-lactam (4-membered cyclic amide) rings is 1. The van der Waals surface area contributed by atoms with E-state index in [2.05, 4.69) is 10.6 Å². The van der Waals surface area contributed by atoms with Crippen LogP contribution in [0.15, 0.2) is 24.3 Å². The second-order valence-corrected chi connectivity index (χ2v) is 9.14. The molecule has 0 unspecified atom stereocenters. The highest BCUT2D eigenvalue weighted by molar-refractivity contribution is 8.01. The van der Waals surface area contributed by atoms with Gasteiger partial charge in [-0.2, -0.15) is 0 Å². The van der Waals surface area contributed by atoms with E-state index >= 15 is 0 Å². The van der Waals surface area contributed by atoms with Crippen molar-refractivity contribution in [2.45, 2.75) is 49.4 Å². The standard InChI is InChI=1S/C18H21N3O5S/c1-9(22)19-11-8-6-5-7-10(11)13(23)20-18(4)15(26)21-12(14(24)25)17(2,3)27-16(18)21/h5-8,12,16H,1-4H3,(H,19,22)(H,20,23)(H,24,25)/t12-,16+,18-/m0/s1. The van der Waals surface area contributed by atoms with Gasteiger partial charge in [-0.1, -0.05) is 12.1 Å². The maximum Gasteiger partial charge on any atom is 0.327 e. The molecule has 2 aliphatic heterocycles. The predicted molar refractivity (Wildman–Crippen MR) is 100 cm³/mol. The van der Waals surface area contributed by atoms with Crippen LogP contribution >= 0.6 is 11.8 Å². The van der Waals surface area contributed by atoms with Crippen LogP contribution in [0.1, 0.15) is 38.1 Å². The number of benzene rings is 1. The quantitative estimate of drug-likeness (QED) is 0.666. The minimum absolute atomic E-state index is 0.234. The molecule has 2 fully saturated rings. The van der Waals surface area contributed by atoms with Crippen LogP contribution in [0.4, 0.5) is 5.69 Å². The Morgan fingerprint density at radius 1 is 1.19 bits per heavy atom. The van der Waals surface area contributed by atoms with Gasteiger partial charge in [-0.25, -0.2) is 4.79 Å². The number of thioether (sulfide) groups is 1. The monoisotopic (exact) mass is 391 g/mol. The molecule has 0 aromatic heterocycles. The zero-order chi connectivity index (χ0) is 20.1. The molecule has 144 valence electrons. The first kappa shape index (κ1) is 19.2. The number of carbonyl (C=O) groups is 4. The topological polar surface area (TPSA) is 116 Å². The summed E-state index contributed by atoms with van der Waals surface area (Å²) in [7, 11) is 0. The van der Waals surface area contributed by atoms with E-state index in [1.807, 2.05) is 0 Å². The number of carboxylic acids is 1. The number of aliphatic carboxylic acids is 1. The summed E-state index contributed by atoms with van der Waals surface area (Å²) in [4.78, 5) is 49.9. The number of fused-ring (bicyclic) bond motifs is 1. The summed E-state index contributed by atoms with van der Waals surface area (Å²) in [5.74, 6) is -2.31. The maximum atomic E-state index is 12.8. The minimum Gasteiger partial charge on any atom is -0.480 e. The van der Waals surface area contributed by atoms with Gasteiger partial charge in [-0.05, 0) is 32.9 Å². The van der Waals surface area contributed by atoms with Gasteiger partial charge in [0.25, 0.3) is 11.8 Å². The van der Waals surface area contributed by atoms with Crippen LogP contribution in [0, 0.1) is 0 Å². The zero-order valence-electron chi connectivity index (χ0n) is 15.4. The summed E-state index contributed by atoms with van der Waals surface area (Å²) in [6.07, 6.45) is 0.